The molecule has 38 heavy (non-hydrogen) atoms. The quantitative estimate of drug-likeness (QED) is 0.342. The second-order valence-corrected chi connectivity index (χ2v) is 10.1. The lowest BCUT2D eigenvalue weighted by molar-refractivity contribution is -0.137. The Labute approximate surface area is 223 Å². The van der Waals surface area contributed by atoms with Gasteiger partial charge in [-0.3, -0.25) is 19.0 Å². The standard InChI is InChI=1S/C26H29N5O6S/c1-35-20-12-17(6-7-19(20)37-15-23(33)30-8-10-36-11-9-30)13-28-29-22(32)14-31-16-27-25-24(26(31)34)18-4-2-3-5-21(18)38-25/h6-7,12-13,16H,2-5,8-11,14-15H2,1H3,(H,29,32). The predicted molar refractivity (Wildman–Crippen MR) is 142 cm³/mol. The maximum absolute atomic E-state index is 13.0. The van der Waals surface area contributed by atoms with Gasteiger partial charge in [0.25, 0.3) is 17.4 Å². The summed E-state index contributed by atoms with van der Waals surface area (Å²) < 4.78 is 17.6. The number of fused-ring (bicyclic) bond motifs is 3. The predicted octanol–water partition coefficient (Wildman–Crippen LogP) is 1.73. The van der Waals surface area contributed by atoms with Crippen LogP contribution in [0.2, 0.25) is 0 Å². The van der Waals surface area contributed by atoms with Crippen molar-refractivity contribution >= 4 is 39.6 Å². The SMILES string of the molecule is COc1cc(C=NNC(=O)Cn2cnc3sc4c(c3c2=O)CCCC4)ccc1OCC(=O)N1CCOCC1. The highest BCUT2D eigenvalue weighted by Gasteiger charge is 2.21. The summed E-state index contributed by atoms with van der Waals surface area (Å²) in [6, 6.07) is 5.09. The van der Waals surface area contributed by atoms with E-state index in [2.05, 4.69) is 15.5 Å². The smallest absolute Gasteiger partial charge is 0.262 e. The van der Waals surface area contributed by atoms with Crippen LogP contribution in [0.4, 0.5) is 0 Å². The van der Waals surface area contributed by atoms with Gasteiger partial charge in [-0.25, -0.2) is 10.4 Å². The molecule has 2 amide bonds. The first kappa shape index (κ1) is 25.9. The third kappa shape index (κ3) is 5.70. The van der Waals surface area contributed by atoms with Gasteiger partial charge in [-0.15, -0.1) is 11.3 Å². The molecule has 0 saturated carbocycles. The van der Waals surface area contributed by atoms with Gasteiger partial charge in [-0.1, -0.05) is 0 Å². The third-order valence-corrected chi connectivity index (χ3v) is 7.76. The second-order valence-electron chi connectivity index (χ2n) is 9.05. The number of aromatic nitrogens is 2. The van der Waals surface area contributed by atoms with Crippen LogP contribution in [0, 0.1) is 0 Å². The Morgan fingerprint density at radius 3 is 2.84 bits per heavy atom. The van der Waals surface area contributed by atoms with Gasteiger partial charge in [0.15, 0.2) is 18.1 Å². The number of hydrogen-bond donors (Lipinski definition) is 1. The van der Waals surface area contributed by atoms with Gasteiger partial charge in [0, 0.05) is 18.0 Å². The molecule has 2 aliphatic rings. The average Bonchev–Trinajstić information content (AvgIpc) is 3.33. The van der Waals surface area contributed by atoms with Gasteiger partial charge in [0.1, 0.15) is 11.4 Å². The van der Waals surface area contributed by atoms with E-state index in [1.54, 1.807) is 34.4 Å². The van der Waals surface area contributed by atoms with Crippen molar-refractivity contribution in [2.45, 2.75) is 32.2 Å². The molecule has 1 fully saturated rings. The summed E-state index contributed by atoms with van der Waals surface area (Å²) >= 11 is 1.58. The minimum absolute atomic E-state index is 0.103. The van der Waals surface area contributed by atoms with Crippen LogP contribution < -0.4 is 20.5 Å². The lowest BCUT2D eigenvalue weighted by atomic mass is 9.97. The molecule has 1 aromatic carbocycles. The number of rotatable bonds is 8. The van der Waals surface area contributed by atoms with E-state index >= 15 is 0 Å². The number of benzene rings is 1. The number of carbonyl (C=O) groups excluding carboxylic acids is 2. The molecule has 0 spiro atoms. The van der Waals surface area contributed by atoms with E-state index in [1.165, 1.54) is 29.1 Å². The van der Waals surface area contributed by atoms with E-state index in [9.17, 15) is 14.4 Å². The summed E-state index contributed by atoms with van der Waals surface area (Å²) in [5.41, 5.74) is 4.00. The summed E-state index contributed by atoms with van der Waals surface area (Å²) in [5, 5.41) is 4.65. The Balaban J connectivity index is 1.18. The summed E-state index contributed by atoms with van der Waals surface area (Å²) in [4.78, 5) is 45.9. The molecule has 0 unspecified atom stereocenters. The number of nitrogens with one attached hydrogen (secondary N) is 1. The highest BCUT2D eigenvalue weighted by atomic mass is 32.1. The van der Waals surface area contributed by atoms with Crippen LogP contribution in [0.25, 0.3) is 10.2 Å². The van der Waals surface area contributed by atoms with Crippen molar-refractivity contribution in [3.05, 3.63) is 50.9 Å². The molecule has 5 rings (SSSR count). The fourth-order valence-electron chi connectivity index (χ4n) is 4.59. The van der Waals surface area contributed by atoms with Gasteiger partial charge < -0.3 is 19.1 Å². The van der Waals surface area contributed by atoms with E-state index in [0.29, 0.717) is 48.8 Å². The number of carbonyl (C=O) groups is 2. The molecule has 200 valence electrons. The molecular weight excluding hydrogens is 510 g/mol. The Hall–Kier alpha value is -3.77. The van der Waals surface area contributed by atoms with E-state index in [0.717, 1.165) is 36.1 Å². The Morgan fingerprint density at radius 1 is 1.21 bits per heavy atom. The zero-order valence-electron chi connectivity index (χ0n) is 21.1. The number of hydrogen-bond acceptors (Lipinski definition) is 9. The zero-order valence-corrected chi connectivity index (χ0v) is 21.9. The highest BCUT2D eigenvalue weighted by molar-refractivity contribution is 7.18. The van der Waals surface area contributed by atoms with Crippen LogP contribution in [0.15, 0.2) is 34.4 Å². The summed E-state index contributed by atoms with van der Waals surface area (Å²) in [5.74, 6) is 0.298. The maximum Gasteiger partial charge on any atom is 0.262 e. The number of morpholine rings is 1. The molecule has 12 heteroatoms. The minimum Gasteiger partial charge on any atom is -0.493 e. The number of thiophene rings is 1. The number of nitrogens with zero attached hydrogens (tertiary/aromatic N) is 4. The van der Waals surface area contributed by atoms with Crippen LogP contribution in [-0.2, 0) is 33.7 Å². The Morgan fingerprint density at radius 2 is 2.03 bits per heavy atom. The first-order valence-electron chi connectivity index (χ1n) is 12.5. The normalized spacial score (nSPS) is 15.4. The highest BCUT2D eigenvalue weighted by Crippen LogP contribution is 2.33. The molecular formula is C26H29N5O6S. The van der Waals surface area contributed by atoms with Crippen molar-refractivity contribution in [2.75, 3.05) is 40.0 Å². The number of amides is 2. The fourth-order valence-corrected chi connectivity index (χ4v) is 5.81. The van der Waals surface area contributed by atoms with E-state index in [-0.39, 0.29) is 24.6 Å². The van der Waals surface area contributed by atoms with E-state index < -0.39 is 5.91 Å². The van der Waals surface area contributed by atoms with Crippen LogP contribution in [-0.4, -0.2) is 72.5 Å². The van der Waals surface area contributed by atoms with Gasteiger partial charge >= 0.3 is 0 Å². The molecule has 2 aromatic heterocycles. The molecule has 0 atom stereocenters. The van der Waals surface area contributed by atoms with Crippen molar-refractivity contribution in [1.82, 2.24) is 19.9 Å². The van der Waals surface area contributed by atoms with Gasteiger partial charge in [-0.05, 0) is 55.0 Å². The monoisotopic (exact) mass is 539 g/mol. The molecule has 1 saturated heterocycles. The molecule has 11 nitrogen and oxygen atoms in total. The van der Waals surface area contributed by atoms with Crippen molar-refractivity contribution in [2.24, 2.45) is 5.10 Å². The van der Waals surface area contributed by atoms with Gasteiger partial charge in [0.05, 0.1) is 38.3 Å². The molecule has 1 aliphatic heterocycles. The van der Waals surface area contributed by atoms with Crippen LogP contribution in [0.3, 0.4) is 0 Å². The van der Waals surface area contributed by atoms with E-state index in [4.69, 9.17) is 14.2 Å². The Bertz CT molecular complexity index is 1430. The van der Waals surface area contributed by atoms with Crippen molar-refractivity contribution in [3.8, 4) is 11.5 Å². The summed E-state index contributed by atoms with van der Waals surface area (Å²) in [6.45, 7) is 1.87. The zero-order chi connectivity index (χ0) is 26.5. The maximum atomic E-state index is 13.0. The molecule has 1 N–H and O–H groups in total. The average molecular weight is 540 g/mol. The third-order valence-electron chi connectivity index (χ3n) is 6.56. The fraction of sp³-hybridized carbons (Fsp3) is 0.423. The van der Waals surface area contributed by atoms with E-state index in [1.807, 2.05) is 0 Å². The van der Waals surface area contributed by atoms with Crippen LogP contribution >= 0.6 is 11.3 Å². The molecule has 1 aliphatic carbocycles. The topological polar surface area (TPSA) is 124 Å². The first-order valence-corrected chi connectivity index (χ1v) is 13.3. The molecule has 0 radical (unpaired) electrons. The second kappa shape index (κ2) is 11.7. The van der Waals surface area contributed by atoms with Crippen LogP contribution in [0.5, 0.6) is 11.5 Å². The number of ether oxygens (including phenoxy) is 3. The van der Waals surface area contributed by atoms with Crippen molar-refractivity contribution in [1.29, 1.82) is 0 Å². The Kier molecular flexibility index (Phi) is 7.99. The number of aryl methyl sites for hydroxylation is 2. The summed E-state index contributed by atoms with van der Waals surface area (Å²) in [6.07, 6.45) is 6.93. The molecule has 3 heterocycles. The summed E-state index contributed by atoms with van der Waals surface area (Å²) in [7, 11) is 1.50. The van der Waals surface area contributed by atoms with Crippen LogP contribution in [0.1, 0.15) is 28.8 Å². The van der Waals surface area contributed by atoms with Crippen molar-refractivity contribution in [3.63, 3.8) is 0 Å². The number of methoxy groups -OCH3 is 1. The first-order chi connectivity index (χ1) is 18.5. The lowest BCUT2D eigenvalue weighted by Crippen LogP contribution is -2.43. The molecule has 3 aromatic rings. The van der Waals surface area contributed by atoms with Crippen molar-refractivity contribution < 1.29 is 23.8 Å². The van der Waals surface area contributed by atoms with Gasteiger partial charge in [-0.2, -0.15) is 5.10 Å². The largest absolute Gasteiger partial charge is 0.493 e. The van der Waals surface area contributed by atoms with Gasteiger partial charge in [0.2, 0.25) is 0 Å². The number of hydrazone groups is 1. The lowest BCUT2D eigenvalue weighted by Gasteiger charge is -2.26. The minimum atomic E-state index is -0.442. The molecule has 0 bridgehead atoms.